The highest BCUT2D eigenvalue weighted by atomic mass is 16.3. The molecule has 1 N–H and O–H groups in total. The number of fused-ring (bicyclic) bond motifs is 1. The maximum absolute atomic E-state index is 12.5. The second kappa shape index (κ2) is 4.70. The summed E-state index contributed by atoms with van der Waals surface area (Å²) in [6.45, 7) is 2.02. The number of nitrogens with zero attached hydrogens (tertiary/aromatic N) is 1. The van der Waals surface area contributed by atoms with Crippen LogP contribution < -0.4 is 0 Å². The van der Waals surface area contributed by atoms with Gasteiger partial charge >= 0.3 is 0 Å². The van der Waals surface area contributed by atoms with Crippen molar-refractivity contribution in [2.75, 3.05) is 6.61 Å². The number of carbonyl (C=O) groups excluding carboxylic acids is 2. The summed E-state index contributed by atoms with van der Waals surface area (Å²) in [7, 11) is 0. The van der Waals surface area contributed by atoms with Gasteiger partial charge in [-0.3, -0.25) is 14.5 Å². The first-order valence-corrected chi connectivity index (χ1v) is 7.18. The zero-order chi connectivity index (χ0) is 14.3. The Morgan fingerprint density at radius 1 is 1.15 bits per heavy atom. The molecular weight excluding hydrogens is 254 g/mol. The fourth-order valence-corrected chi connectivity index (χ4v) is 3.37. The van der Waals surface area contributed by atoms with Gasteiger partial charge in [-0.05, 0) is 43.7 Å². The molecule has 0 atom stereocenters. The second-order valence-corrected chi connectivity index (χ2v) is 6.06. The van der Waals surface area contributed by atoms with Crippen LogP contribution in [-0.2, 0) is 0 Å². The Balaban J connectivity index is 1.99. The van der Waals surface area contributed by atoms with Gasteiger partial charge in [0.2, 0.25) is 0 Å². The van der Waals surface area contributed by atoms with Crippen molar-refractivity contribution >= 4 is 11.8 Å². The van der Waals surface area contributed by atoms with E-state index in [2.05, 4.69) is 6.92 Å². The lowest BCUT2D eigenvalue weighted by Crippen LogP contribution is -2.56. The molecule has 1 aliphatic heterocycles. The van der Waals surface area contributed by atoms with E-state index < -0.39 is 5.54 Å². The molecule has 0 bridgehead atoms. The Morgan fingerprint density at radius 3 is 2.10 bits per heavy atom. The minimum atomic E-state index is -0.709. The van der Waals surface area contributed by atoms with Crippen LogP contribution in [0.4, 0.5) is 0 Å². The first kappa shape index (κ1) is 13.3. The molecule has 1 aliphatic carbocycles. The van der Waals surface area contributed by atoms with E-state index in [0.717, 1.165) is 12.8 Å². The van der Waals surface area contributed by atoms with Gasteiger partial charge in [0.1, 0.15) is 0 Å². The zero-order valence-electron chi connectivity index (χ0n) is 11.6. The molecule has 20 heavy (non-hydrogen) atoms. The molecule has 1 heterocycles. The number of imide groups is 1. The molecule has 0 radical (unpaired) electrons. The summed E-state index contributed by atoms with van der Waals surface area (Å²) in [5.74, 6) is 0.0771. The first-order valence-electron chi connectivity index (χ1n) is 7.18. The molecule has 1 aromatic rings. The van der Waals surface area contributed by atoms with Crippen molar-refractivity contribution in [3.8, 4) is 0 Å². The summed E-state index contributed by atoms with van der Waals surface area (Å²) in [4.78, 5) is 26.4. The predicted octanol–water partition coefficient (Wildman–Crippen LogP) is 2.22. The normalized spacial score (nSPS) is 29.7. The topological polar surface area (TPSA) is 57.6 Å². The number of carbonyl (C=O) groups is 2. The van der Waals surface area contributed by atoms with Gasteiger partial charge in [-0.1, -0.05) is 19.1 Å². The molecule has 1 saturated carbocycles. The third-order valence-electron chi connectivity index (χ3n) is 4.77. The largest absolute Gasteiger partial charge is 0.394 e. The maximum atomic E-state index is 12.5. The van der Waals surface area contributed by atoms with Crippen LogP contribution in [0.25, 0.3) is 0 Å². The van der Waals surface area contributed by atoms with Crippen LogP contribution in [0.15, 0.2) is 24.3 Å². The van der Waals surface area contributed by atoms with Gasteiger partial charge in [0.25, 0.3) is 11.8 Å². The van der Waals surface area contributed by atoms with Gasteiger partial charge in [0, 0.05) is 0 Å². The van der Waals surface area contributed by atoms with Crippen molar-refractivity contribution in [3.63, 3.8) is 0 Å². The fourth-order valence-electron chi connectivity index (χ4n) is 3.37. The van der Waals surface area contributed by atoms with Gasteiger partial charge in [-0.15, -0.1) is 0 Å². The lowest BCUT2D eigenvalue weighted by atomic mass is 9.76. The summed E-state index contributed by atoms with van der Waals surface area (Å²) in [5, 5.41) is 9.86. The molecule has 1 fully saturated rings. The van der Waals surface area contributed by atoms with Crippen molar-refractivity contribution in [1.29, 1.82) is 0 Å². The van der Waals surface area contributed by atoms with Gasteiger partial charge in [-0.2, -0.15) is 0 Å². The fraction of sp³-hybridized carbons (Fsp3) is 0.500. The third kappa shape index (κ3) is 1.79. The molecular formula is C16H19NO3. The van der Waals surface area contributed by atoms with Gasteiger partial charge in [0.05, 0.1) is 23.3 Å². The van der Waals surface area contributed by atoms with Crippen LogP contribution in [0.1, 0.15) is 53.3 Å². The second-order valence-electron chi connectivity index (χ2n) is 6.06. The van der Waals surface area contributed by atoms with Crippen molar-refractivity contribution in [3.05, 3.63) is 35.4 Å². The van der Waals surface area contributed by atoms with E-state index in [1.807, 2.05) is 0 Å². The Bertz CT molecular complexity index is 524. The smallest absolute Gasteiger partial charge is 0.262 e. The summed E-state index contributed by atoms with van der Waals surface area (Å²) in [6, 6.07) is 6.91. The highest BCUT2D eigenvalue weighted by Crippen LogP contribution is 2.40. The minimum absolute atomic E-state index is 0.148. The van der Waals surface area contributed by atoms with Gasteiger partial charge < -0.3 is 5.11 Å². The van der Waals surface area contributed by atoms with E-state index in [0.29, 0.717) is 29.9 Å². The Kier molecular flexibility index (Phi) is 3.13. The highest BCUT2D eigenvalue weighted by molar-refractivity contribution is 6.21. The van der Waals surface area contributed by atoms with E-state index in [1.165, 1.54) is 4.90 Å². The van der Waals surface area contributed by atoms with Gasteiger partial charge in [0.15, 0.2) is 0 Å². The molecule has 2 amide bonds. The van der Waals surface area contributed by atoms with Crippen molar-refractivity contribution in [1.82, 2.24) is 4.90 Å². The number of hydrogen-bond donors (Lipinski definition) is 1. The molecule has 4 heteroatoms. The lowest BCUT2D eigenvalue weighted by molar-refractivity contribution is 0.00611. The summed E-state index contributed by atoms with van der Waals surface area (Å²) in [6.07, 6.45) is 3.26. The molecule has 1 aromatic carbocycles. The standard InChI is InChI=1S/C16H19NO3/c1-11-6-8-16(10-18,9-7-11)17-14(19)12-4-2-3-5-13(12)15(17)20/h2-5,11,18H,6-10H2,1H3. The van der Waals surface area contributed by atoms with Crippen molar-refractivity contribution < 1.29 is 14.7 Å². The third-order valence-corrected chi connectivity index (χ3v) is 4.77. The van der Waals surface area contributed by atoms with Crippen LogP contribution in [0.2, 0.25) is 0 Å². The highest BCUT2D eigenvalue weighted by Gasteiger charge is 2.49. The molecule has 3 rings (SSSR count). The molecule has 0 unspecified atom stereocenters. The monoisotopic (exact) mass is 273 g/mol. The Hall–Kier alpha value is -1.68. The van der Waals surface area contributed by atoms with E-state index in [-0.39, 0.29) is 18.4 Å². The number of rotatable bonds is 2. The number of hydrogen-bond acceptors (Lipinski definition) is 3. The number of benzene rings is 1. The predicted molar refractivity (Wildman–Crippen MR) is 74.4 cm³/mol. The van der Waals surface area contributed by atoms with Gasteiger partial charge in [-0.25, -0.2) is 0 Å². The van der Waals surface area contributed by atoms with Crippen LogP contribution >= 0.6 is 0 Å². The van der Waals surface area contributed by atoms with Crippen LogP contribution in [-0.4, -0.2) is 34.0 Å². The van der Waals surface area contributed by atoms with E-state index in [1.54, 1.807) is 24.3 Å². The molecule has 4 nitrogen and oxygen atoms in total. The van der Waals surface area contributed by atoms with Crippen LogP contribution in [0, 0.1) is 5.92 Å². The number of aliphatic hydroxyl groups is 1. The molecule has 2 aliphatic rings. The van der Waals surface area contributed by atoms with Crippen molar-refractivity contribution in [2.24, 2.45) is 5.92 Å². The minimum Gasteiger partial charge on any atom is -0.394 e. The lowest BCUT2D eigenvalue weighted by Gasteiger charge is -2.43. The Morgan fingerprint density at radius 2 is 1.65 bits per heavy atom. The van der Waals surface area contributed by atoms with E-state index >= 15 is 0 Å². The average molecular weight is 273 g/mol. The zero-order valence-corrected chi connectivity index (χ0v) is 11.6. The van der Waals surface area contributed by atoms with E-state index in [9.17, 15) is 14.7 Å². The number of aliphatic hydroxyl groups excluding tert-OH is 1. The Labute approximate surface area is 118 Å². The maximum Gasteiger partial charge on any atom is 0.262 e. The average Bonchev–Trinajstić information content (AvgIpc) is 2.74. The quantitative estimate of drug-likeness (QED) is 0.841. The first-order chi connectivity index (χ1) is 9.59. The summed E-state index contributed by atoms with van der Waals surface area (Å²) < 4.78 is 0. The van der Waals surface area contributed by atoms with Crippen LogP contribution in [0.5, 0.6) is 0 Å². The summed E-state index contributed by atoms with van der Waals surface area (Å²) >= 11 is 0. The molecule has 0 saturated heterocycles. The summed E-state index contributed by atoms with van der Waals surface area (Å²) in [5.41, 5.74) is 0.215. The van der Waals surface area contributed by atoms with E-state index in [4.69, 9.17) is 0 Å². The molecule has 106 valence electrons. The SMILES string of the molecule is CC1CCC(CO)(N2C(=O)c3ccccc3C2=O)CC1. The number of amides is 2. The molecule has 0 spiro atoms. The van der Waals surface area contributed by atoms with Crippen molar-refractivity contribution in [2.45, 2.75) is 38.1 Å². The molecule has 0 aromatic heterocycles. The van der Waals surface area contributed by atoms with Crippen LogP contribution in [0.3, 0.4) is 0 Å².